The molecule has 6 nitrogen and oxygen atoms in total. The van der Waals surface area contributed by atoms with Crippen LogP contribution in [0.15, 0.2) is 39.7 Å². The molecule has 0 aliphatic heterocycles. The molecule has 154 valence electrons. The van der Waals surface area contributed by atoms with Crippen LogP contribution in [0.1, 0.15) is 62.6 Å². The lowest BCUT2D eigenvalue weighted by molar-refractivity contribution is 0.271. The molecule has 0 fully saturated rings. The van der Waals surface area contributed by atoms with E-state index in [1.165, 1.54) is 5.56 Å². The lowest BCUT2D eigenvalue weighted by Gasteiger charge is -2.37. The van der Waals surface area contributed by atoms with Gasteiger partial charge in [-0.15, -0.1) is 0 Å². The number of guanidine groups is 1. The summed E-state index contributed by atoms with van der Waals surface area (Å²) in [5.41, 5.74) is 2.20. The lowest BCUT2D eigenvalue weighted by atomic mass is 9.90. The first kappa shape index (κ1) is 22.0. The Hall–Kier alpha value is -2.34. The van der Waals surface area contributed by atoms with E-state index in [1.807, 2.05) is 13.8 Å². The third kappa shape index (κ3) is 5.83. The average Bonchev–Trinajstić information content (AvgIpc) is 3.05. The first-order valence-corrected chi connectivity index (χ1v) is 10.1. The summed E-state index contributed by atoms with van der Waals surface area (Å²) in [4.78, 5) is 8.74. The van der Waals surface area contributed by atoms with Gasteiger partial charge in [0.15, 0.2) is 5.96 Å². The molecule has 0 spiro atoms. The van der Waals surface area contributed by atoms with E-state index < -0.39 is 0 Å². The average molecular weight is 386 g/mol. The van der Waals surface area contributed by atoms with Crippen molar-refractivity contribution >= 4 is 5.96 Å². The number of rotatable bonds is 9. The molecule has 1 heterocycles. The van der Waals surface area contributed by atoms with Crippen molar-refractivity contribution in [1.82, 2.24) is 20.9 Å². The van der Waals surface area contributed by atoms with Gasteiger partial charge in [0, 0.05) is 25.2 Å². The molecule has 6 heteroatoms. The molecule has 28 heavy (non-hydrogen) atoms. The van der Waals surface area contributed by atoms with Gasteiger partial charge in [0.2, 0.25) is 5.89 Å². The molecule has 1 unspecified atom stereocenters. The Kier molecular flexibility index (Phi) is 8.05. The van der Waals surface area contributed by atoms with Crippen molar-refractivity contribution in [2.24, 2.45) is 4.99 Å². The Morgan fingerprint density at radius 3 is 2.36 bits per heavy atom. The summed E-state index contributed by atoms with van der Waals surface area (Å²) in [6, 6.07) is 10.8. The number of aliphatic imine (C=N–C) groups is 1. The minimum absolute atomic E-state index is 0.0248. The fourth-order valence-corrected chi connectivity index (χ4v) is 3.29. The highest BCUT2D eigenvalue weighted by Gasteiger charge is 2.28. The third-order valence-corrected chi connectivity index (χ3v) is 5.47. The Morgan fingerprint density at radius 1 is 1.14 bits per heavy atom. The molecule has 1 aromatic heterocycles. The van der Waals surface area contributed by atoms with Gasteiger partial charge < -0.3 is 20.4 Å². The van der Waals surface area contributed by atoms with Crippen molar-refractivity contribution in [3.8, 4) is 0 Å². The molecule has 0 aliphatic carbocycles. The van der Waals surface area contributed by atoms with Gasteiger partial charge in [-0.25, -0.2) is 4.98 Å². The molecular weight excluding hydrogens is 350 g/mol. The maximum atomic E-state index is 5.63. The third-order valence-electron chi connectivity index (χ3n) is 5.47. The molecule has 2 aromatic rings. The number of hydrogen-bond donors (Lipinski definition) is 3. The number of nitrogens with zero attached hydrogens (tertiary/aromatic N) is 2. The second-order valence-corrected chi connectivity index (χ2v) is 7.29. The Balaban J connectivity index is 1.95. The topological polar surface area (TPSA) is 74.5 Å². The first-order valence-electron chi connectivity index (χ1n) is 10.1. The van der Waals surface area contributed by atoms with E-state index in [2.05, 4.69) is 77.0 Å². The molecule has 1 aromatic carbocycles. The van der Waals surface area contributed by atoms with Crippen molar-refractivity contribution in [2.45, 2.75) is 65.6 Å². The number of hydrogen-bond acceptors (Lipinski definition) is 4. The van der Waals surface area contributed by atoms with Gasteiger partial charge in [0.05, 0.1) is 12.2 Å². The summed E-state index contributed by atoms with van der Waals surface area (Å²) in [5, 5.41) is 10.6. The maximum Gasteiger partial charge on any atom is 0.214 e. The van der Waals surface area contributed by atoms with E-state index in [-0.39, 0.29) is 11.6 Å². The number of aromatic nitrogens is 1. The van der Waals surface area contributed by atoms with Crippen LogP contribution in [0.4, 0.5) is 0 Å². The molecule has 1 atom stereocenters. The molecular formula is C22H35N5O. The molecule has 2 rings (SSSR count). The Morgan fingerprint density at radius 2 is 1.82 bits per heavy atom. The number of nitrogens with one attached hydrogen (secondary N) is 3. The predicted molar refractivity (Wildman–Crippen MR) is 115 cm³/mol. The minimum Gasteiger partial charge on any atom is -0.444 e. The van der Waals surface area contributed by atoms with Crippen LogP contribution in [0, 0.1) is 13.8 Å². The molecule has 0 bridgehead atoms. The van der Waals surface area contributed by atoms with Gasteiger partial charge in [0.25, 0.3) is 0 Å². The van der Waals surface area contributed by atoms with Crippen LogP contribution < -0.4 is 16.0 Å². The lowest BCUT2D eigenvalue weighted by Crippen LogP contribution is -2.55. The summed E-state index contributed by atoms with van der Waals surface area (Å²) in [6.07, 6.45) is 2.03. The smallest absolute Gasteiger partial charge is 0.214 e. The minimum atomic E-state index is -0.0248. The van der Waals surface area contributed by atoms with E-state index in [9.17, 15) is 0 Å². The highest BCUT2D eigenvalue weighted by Crippen LogP contribution is 2.21. The van der Waals surface area contributed by atoms with Crippen molar-refractivity contribution in [3.63, 3.8) is 0 Å². The van der Waals surface area contributed by atoms with Crippen LogP contribution in [-0.2, 0) is 6.54 Å². The fourth-order valence-electron chi connectivity index (χ4n) is 3.29. The second-order valence-electron chi connectivity index (χ2n) is 7.29. The van der Waals surface area contributed by atoms with E-state index in [4.69, 9.17) is 4.42 Å². The van der Waals surface area contributed by atoms with Crippen molar-refractivity contribution in [2.75, 3.05) is 13.6 Å². The molecule has 0 amide bonds. The highest BCUT2D eigenvalue weighted by atomic mass is 16.4. The largest absolute Gasteiger partial charge is 0.444 e. The van der Waals surface area contributed by atoms with E-state index in [1.54, 1.807) is 7.05 Å². The molecule has 0 radical (unpaired) electrons. The molecule has 3 N–H and O–H groups in total. The van der Waals surface area contributed by atoms with Crippen molar-refractivity contribution in [1.29, 1.82) is 0 Å². The van der Waals surface area contributed by atoms with Crippen LogP contribution in [0.3, 0.4) is 0 Å². The number of benzene rings is 1. The molecule has 0 saturated carbocycles. The van der Waals surface area contributed by atoms with Crippen LogP contribution in [0.2, 0.25) is 0 Å². The van der Waals surface area contributed by atoms with Gasteiger partial charge in [0.1, 0.15) is 5.76 Å². The van der Waals surface area contributed by atoms with Crippen LogP contribution in [0.25, 0.3) is 0 Å². The SMILES string of the molecule is CCC(CC)(CNC(=NC)NCc1nc(C)c(C)o1)NC(C)c1ccccc1. The standard InChI is InChI=1S/C22H35N5O/c1-7-22(8-2,27-17(4)19-12-10-9-11-13-19)15-25-21(23-6)24-14-20-26-16(3)18(5)28-20/h9-13,17,27H,7-8,14-15H2,1-6H3,(H2,23,24,25). The predicted octanol–water partition coefficient (Wildman–Crippen LogP) is 3.87. The normalized spacial score (nSPS) is 13.4. The second kappa shape index (κ2) is 10.3. The van der Waals surface area contributed by atoms with Crippen molar-refractivity contribution < 1.29 is 4.42 Å². The summed E-state index contributed by atoms with van der Waals surface area (Å²) < 4.78 is 5.63. The van der Waals surface area contributed by atoms with Gasteiger partial charge in [-0.1, -0.05) is 44.2 Å². The molecule has 0 saturated heterocycles. The summed E-state index contributed by atoms with van der Waals surface area (Å²) in [6.45, 7) is 11.8. The summed E-state index contributed by atoms with van der Waals surface area (Å²) in [5.74, 6) is 2.27. The van der Waals surface area contributed by atoms with E-state index in [0.717, 1.165) is 36.8 Å². The fraction of sp³-hybridized carbons (Fsp3) is 0.545. The van der Waals surface area contributed by atoms with Crippen LogP contribution in [-0.4, -0.2) is 30.1 Å². The van der Waals surface area contributed by atoms with Gasteiger partial charge in [-0.05, 0) is 39.2 Å². The maximum absolute atomic E-state index is 5.63. The zero-order valence-electron chi connectivity index (χ0n) is 18.1. The van der Waals surface area contributed by atoms with Gasteiger partial charge in [-0.2, -0.15) is 0 Å². The quantitative estimate of drug-likeness (QED) is 0.451. The van der Waals surface area contributed by atoms with Gasteiger partial charge in [-0.3, -0.25) is 4.99 Å². The summed E-state index contributed by atoms with van der Waals surface area (Å²) in [7, 11) is 1.78. The van der Waals surface area contributed by atoms with Crippen LogP contribution >= 0.6 is 0 Å². The zero-order valence-corrected chi connectivity index (χ0v) is 18.1. The molecule has 0 aliphatic rings. The van der Waals surface area contributed by atoms with Crippen molar-refractivity contribution in [3.05, 3.63) is 53.2 Å². The highest BCUT2D eigenvalue weighted by molar-refractivity contribution is 5.79. The first-order chi connectivity index (χ1) is 13.4. The van der Waals surface area contributed by atoms with Gasteiger partial charge >= 0.3 is 0 Å². The van der Waals surface area contributed by atoms with Crippen LogP contribution in [0.5, 0.6) is 0 Å². The summed E-state index contributed by atoms with van der Waals surface area (Å²) >= 11 is 0. The number of oxazole rings is 1. The monoisotopic (exact) mass is 385 g/mol. The zero-order chi connectivity index (χ0) is 20.6. The van der Waals surface area contributed by atoms with E-state index >= 15 is 0 Å². The Bertz CT molecular complexity index is 730. The number of aryl methyl sites for hydroxylation is 2. The van der Waals surface area contributed by atoms with E-state index in [0.29, 0.717) is 12.4 Å². The Labute approximate surface area is 169 Å².